The van der Waals surface area contributed by atoms with Crippen molar-refractivity contribution in [3.8, 4) is 11.4 Å². The highest BCUT2D eigenvalue weighted by Crippen LogP contribution is 2.45. The smallest absolute Gasteiger partial charge is 0.296 e. The quantitative estimate of drug-likeness (QED) is 0.261. The first-order valence-corrected chi connectivity index (χ1v) is 12.8. The first-order chi connectivity index (χ1) is 17.4. The monoisotopic (exact) mass is 505 g/mol. The molecule has 0 spiro atoms. The van der Waals surface area contributed by atoms with Crippen molar-refractivity contribution >= 4 is 23.0 Å². The van der Waals surface area contributed by atoms with E-state index in [1.54, 1.807) is 12.1 Å². The van der Waals surface area contributed by atoms with E-state index in [-0.39, 0.29) is 22.7 Å². The van der Waals surface area contributed by atoms with E-state index < -0.39 is 0 Å². The number of ether oxygens (including phenoxy) is 1. The molecule has 0 unspecified atom stereocenters. The summed E-state index contributed by atoms with van der Waals surface area (Å²) in [5, 5.41) is 16.3. The molecular formula is C27H31N5O3S. The van der Waals surface area contributed by atoms with Gasteiger partial charge >= 0.3 is 0 Å². The number of benzene rings is 1. The van der Waals surface area contributed by atoms with Crippen LogP contribution in [0.3, 0.4) is 0 Å². The van der Waals surface area contributed by atoms with Gasteiger partial charge in [-0.15, -0.1) is 0 Å². The van der Waals surface area contributed by atoms with E-state index in [0.29, 0.717) is 17.5 Å². The van der Waals surface area contributed by atoms with E-state index in [1.165, 1.54) is 32.4 Å². The predicted octanol–water partition coefficient (Wildman–Crippen LogP) is 5.71. The molecule has 1 aliphatic heterocycles. The molecule has 2 atom stereocenters. The topological polar surface area (TPSA) is 85.5 Å². The average Bonchev–Trinajstić information content (AvgIpc) is 3.39. The van der Waals surface area contributed by atoms with Gasteiger partial charge in [0.05, 0.1) is 35.9 Å². The number of aryl methyl sites for hydroxylation is 1. The third kappa shape index (κ3) is 4.21. The largest absolute Gasteiger partial charge is 0.496 e. The standard InChI is InChI=1S/C27H31N5O3S/c1-17-15-21(18(2)30(17)23-13-12-20(35-3)16-24(23)32(33)34)26-25(22-11-7-8-14-28-22)29-27(36)31(26)19-9-5-4-6-10-19/h7-8,11-16,19,25-26H,4-6,9-10H2,1-3H3,(H,29,36)/t25-,26+/m0/s1. The van der Waals surface area contributed by atoms with Crippen molar-refractivity contribution in [1.82, 2.24) is 19.8 Å². The van der Waals surface area contributed by atoms with Crippen molar-refractivity contribution < 1.29 is 9.66 Å². The number of thiocarbonyl (C=S) groups is 1. The highest BCUT2D eigenvalue weighted by molar-refractivity contribution is 7.80. The number of nitro benzene ring substituents is 1. The van der Waals surface area contributed by atoms with E-state index in [0.717, 1.165) is 40.6 Å². The van der Waals surface area contributed by atoms with Crippen molar-refractivity contribution in [3.05, 3.63) is 81.4 Å². The van der Waals surface area contributed by atoms with Crippen LogP contribution in [-0.2, 0) is 0 Å². The minimum Gasteiger partial charge on any atom is -0.496 e. The van der Waals surface area contributed by atoms with Crippen molar-refractivity contribution in [2.75, 3.05) is 7.11 Å². The summed E-state index contributed by atoms with van der Waals surface area (Å²) in [5.74, 6) is 0.456. The van der Waals surface area contributed by atoms with Gasteiger partial charge in [-0.25, -0.2) is 0 Å². The molecule has 2 aliphatic rings. The molecule has 8 nitrogen and oxygen atoms in total. The van der Waals surface area contributed by atoms with E-state index in [4.69, 9.17) is 17.0 Å². The number of pyridine rings is 1. The van der Waals surface area contributed by atoms with Gasteiger partial charge < -0.3 is 19.5 Å². The first-order valence-electron chi connectivity index (χ1n) is 12.4. The Kier molecular flexibility index (Phi) is 6.66. The van der Waals surface area contributed by atoms with Crippen LogP contribution in [0.1, 0.15) is 66.8 Å². The Hall–Kier alpha value is -3.46. The maximum Gasteiger partial charge on any atom is 0.296 e. The third-order valence-electron chi connectivity index (χ3n) is 7.51. The van der Waals surface area contributed by atoms with E-state index in [1.807, 2.05) is 42.8 Å². The van der Waals surface area contributed by atoms with E-state index >= 15 is 0 Å². The molecule has 3 aromatic rings. The van der Waals surface area contributed by atoms with Gasteiger partial charge in [-0.1, -0.05) is 25.3 Å². The van der Waals surface area contributed by atoms with Crippen LogP contribution in [-0.4, -0.2) is 37.6 Å². The van der Waals surface area contributed by atoms with Gasteiger partial charge in [0.1, 0.15) is 11.4 Å². The lowest BCUT2D eigenvalue weighted by Gasteiger charge is -2.37. The number of methoxy groups -OCH3 is 1. The van der Waals surface area contributed by atoms with Gasteiger partial charge in [0.2, 0.25) is 0 Å². The van der Waals surface area contributed by atoms with Gasteiger partial charge in [0.25, 0.3) is 5.69 Å². The van der Waals surface area contributed by atoms with Crippen molar-refractivity contribution in [3.63, 3.8) is 0 Å². The van der Waals surface area contributed by atoms with Crippen LogP contribution < -0.4 is 10.1 Å². The lowest BCUT2D eigenvalue weighted by atomic mass is 9.90. The lowest BCUT2D eigenvalue weighted by Crippen LogP contribution is -2.40. The molecule has 9 heteroatoms. The Labute approximate surface area is 216 Å². The first kappa shape index (κ1) is 24.2. The fourth-order valence-electron chi connectivity index (χ4n) is 5.87. The molecule has 5 rings (SSSR count). The number of nitro groups is 1. The molecule has 0 bridgehead atoms. The molecular weight excluding hydrogens is 474 g/mol. The van der Waals surface area contributed by atoms with Gasteiger partial charge in [0, 0.05) is 23.6 Å². The van der Waals surface area contributed by atoms with Crippen LogP contribution in [0.5, 0.6) is 5.75 Å². The van der Waals surface area contributed by atoms with Crippen LogP contribution >= 0.6 is 12.2 Å². The van der Waals surface area contributed by atoms with Crippen molar-refractivity contribution in [2.45, 2.75) is 64.1 Å². The minimum atomic E-state index is -0.353. The number of nitrogens with one attached hydrogen (secondary N) is 1. The van der Waals surface area contributed by atoms with Crippen LogP contribution in [0.2, 0.25) is 0 Å². The van der Waals surface area contributed by atoms with Gasteiger partial charge in [-0.2, -0.15) is 0 Å². The zero-order chi connectivity index (χ0) is 25.4. The maximum atomic E-state index is 12.0. The molecule has 1 aromatic carbocycles. The molecule has 1 saturated carbocycles. The zero-order valence-corrected chi connectivity index (χ0v) is 21.6. The van der Waals surface area contributed by atoms with Gasteiger partial charge in [-0.05, 0) is 74.8 Å². The number of hydrogen-bond donors (Lipinski definition) is 1. The van der Waals surface area contributed by atoms with E-state index in [2.05, 4.69) is 21.3 Å². The molecule has 1 saturated heterocycles. The SMILES string of the molecule is COc1ccc(-n2c(C)cc([C@@H]3[C@H](c4ccccn4)NC(=S)N3C3CCCCC3)c2C)c([N+](=O)[O-])c1. The molecule has 1 aliphatic carbocycles. The van der Waals surface area contributed by atoms with Crippen LogP contribution in [0.25, 0.3) is 5.69 Å². The Balaban J connectivity index is 1.65. The predicted molar refractivity (Wildman–Crippen MR) is 143 cm³/mol. The highest BCUT2D eigenvalue weighted by Gasteiger charge is 2.44. The molecule has 188 valence electrons. The molecule has 0 radical (unpaired) electrons. The van der Waals surface area contributed by atoms with E-state index in [9.17, 15) is 10.1 Å². The summed E-state index contributed by atoms with van der Waals surface area (Å²) in [4.78, 5) is 18.7. The minimum absolute atomic E-state index is 0.00757. The van der Waals surface area contributed by atoms with Crippen molar-refractivity contribution in [1.29, 1.82) is 0 Å². The number of hydrogen-bond acceptors (Lipinski definition) is 5. The molecule has 1 N–H and O–H groups in total. The summed E-state index contributed by atoms with van der Waals surface area (Å²) in [5.41, 5.74) is 4.45. The molecule has 3 heterocycles. The summed E-state index contributed by atoms with van der Waals surface area (Å²) in [6.07, 6.45) is 7.68. The maximum absolute atomic E-state index is 12.0. The number of nitrogens with zero attached hydrogens (tertiary/aromatic N) is 4. The molecule has 36 heavy (non-hydrogen) atoms. The normalized spacial score (nSPS) is 20.4. The summed E-state index contributed by atoms with van der Waals surface area (Å²) in [6, 6.07) is 13.3. The Morgan fingerprint density at radius 1 is 1.14 bits per heavy atom. The fraction of sp³-hybridized carbons (Fsp3) is 0.407. The summed E-state index contributed by atoms with van der Waals surface area (Å²) < 4.78 is 7.22. The van der Waals surface area contributed by atoms with Crippen molar-refractivity contribution in [2.24, 2.45) is 0 Å². The summed E-state index contributed by atoms with van der Waals surface area (Å²) in [6.45, 7) is 4.03. The second-order valence-electron chi connectivity index (χ2n) is 9.60. The molecule has 2 fully saturated rings. The van der Waals surface area contributed by atoms with Crippen LogP contribution in [0, 0.1) is 24.0 Å². The van der Waals surface area contributed by atoms with Gasteiger partial charge in [0.15, 0.2) is 5.11 Å². The second kappa shape index (κ2) is 9.89. The average molecular weight is 506 g/mol. The Morgan fingerprint density at radius 2 is 1.92 bits per heavy atom. The summed E-state index contributed by atoms with van der Waals surface area (Å²) >= 11 is 5.91. The van der Waals surface area contributed by atoms with Crippen LogP contribution in [0.4, 0.5) is 5.69 Å². The Morgan fingerprint density at radius 3 is 2.58 bits per heavy atom. The second-order valence-corrected chi connectivity index (χ2v) is 9.99. The number of rotatable bonds is 6. The molecule has 2 aromatic heterocycles. The van der Waals surface area contributed by atoms with Crippen LogP contribution in [0.15, 0.2) is 48.7 Å². The molecule has 0 amide bonds. The summed E-state index contributed by atoms with van der Waals surface area (Å²) in [7, 11) is 1.51. The fourth-order valence-corrected chi connectivity index (χ4v) is 6.26. The van der Waals surface area contributed by atoms with Gasteiger partial charge in [-0.3, -0.25) is 15.1 Å². The number of aromatic nitrogens is 2. The lowest BCUT2D eigenvalue weighted by molar-refractivity contribution is -0.384. The Bertz CT molecular complexity index is 1290. The third-order valence-corrected chi connectivity index (χ3v) is 7.84. The zero-order valence-electron chi connectivity index (χ0n) is 20.8. The highest BCUT2D eigenvalue weighted by atomic mass is 32.1.